The lowest BCUT2D eigenvalue weighted by Gasteiger charge is -2.16. The van der Waals surface area contributed by atoms with Gasteiger partial charge in [0, 0.05) is 5.69 Å². The van der Waals surface area contributed by atoms with Gasteiger partial charge in [0.05, 0.1) is 5.92 Å². The largest absolute Gasteiger partial charge is 0.326 e. The van der Waals surface area contributed by atoms with Gasteiger partial charge in [0.2, 0.25) is 5.91 Å². The molecule has 0 aliphatic carbocycles. The predicted molar refractivity (Wildman–Crippen MR) is 79.2 cm³/mol. The zero-order valence-electron chi connectivity index (χ0n) is 11.2. The van der Waals surface area contributed by atoms with Crippen molar-refractivity contribution in [2.75, 3.05) is 5.32 Å². The van der Waals surface area contributed by atoms with Gasteiger partial charge in [0.15, 0.2) is 0 Å². The number of hydrogen-bond donors (Lipinski definition) is 1. The minimum absolute atomic E-state index is 0.0688. The molecule has 0 radical (unpaired) electrons. The Bertz CT molecular complexity index is 507. The molecule has 0 heterocycles. The lowest BCUT2D eigenvalue weighted by molar-refractivity contribution is -0.117. The van der Waals surface area contributed by atoms with E-state index < -0.39 is 0 Å². The molecule has 2 nitrogen and oxygen atoms in total. The van der Waals surface area contributed by atoms with Gasteiger partial charge in [-0.1, -0.05) is 61.9 Å². The molecule has 0 saturated carbocycles. The first kappa shape index (κ1) is 13.3. The molecular formula is C17H19NO. The van der Waals surface area contributed by atoms with Crippen LogP contribution in [0.3, 0.4) is 0 Å². The second-order valence-corrected chi connectivity index (χ2v) is 4.61. The fraction of sp³-hybridized carbons (Fsp3) is 0.235. The Labute approximate surface area is 114 Å². The van der Waals surface area contributed by atoms with Crippen LogP contribution in [-0.4, -0.2) is 5.91 Å². The third-order valence-corrected chi connectivity index (χ3v) is 3.14. The number of anilines is 1. The monoisotopic (exact) mass is 253 g/mol. The normalized spacial score (nSPS) is 11.8. The summed E-state index contributed by atoms with van der Waals surface area (Å²) < 4.78 is 0. The summed E-state index contributed by atoms with van der Waals surface area (Å²) in [6.07, 6.45) is 1.85. The number of para-hydroxylation sites is 1. The van der Waals surface area contributed by atoms with Gasteiger partial charge in [-0.05, 0) is 24.1 Å². The van der Waals surface area contributed by atoms with Gasteiger partial charge in [-0.25, -0.2) is 0 Å². The van der Waals surface area contributed by atoms with Crippen molar-refractivity contribution in [3.63, 3.8) is 0 Å². The van der Waals surface area contributed by atoms with Crippen LogP contribution in [0.5, 0.6) is 0 Å². The second kappa shape index (κ2) is 6.74. The summed E-state index contributed by atoms with van der Waals surface area (Å²) in [4.78, 5) is 12.4. The lowest BCUT2D eigenvalue weighted by atomic mass is 9.93. The zero-order valence-corrected chi connectivity index (χ0v) is 11.2. The molecule has 0 aliphatic heterocycles. The minimum Gasteiger partial charge on any atom is -0.326 e. The van der Waals surface area contributed by atoms with E-state index in [4.69, 9.17) is 0 Å². The fourth-order valence-electron chi connectivity index (χ4n) is 2.17. The molecule has 0 spiro atoms. The summed E-state index contributed by atoms with van der Waals surface area (Å²) in [5.41, 5.74) is 1.93. The highest BCUT2D eigenvalue weighted by atomic mass is 16.1. The number of hydrogen-bond acceptors (Lipinski definition) is 1. The highest BCUT2D eigenvalue weighted by molar-refractivity contribution is 5.95. The van der Waals surface area contributed by atoms with Gasteiger partial charge in [0.1, 0.15) is 0 Å². The molecule has 2 heteroatoms. The van der Waals surface area contributed by atoms with Crippen LogP contribution in [0.25, 0.3) is 0 Å². The van der Waals surface area contributed by atoms with Crippen molar-refractivity contribution in [2.24, 2.45) is 0 Å². The van der Waals surface area contributed by atoms with Crippen LogP contribution in [0.2, 0.25) is 0 Å². The number of carbonyl (C=O) groups excluding carboxylic acids is 1. The molecule has 0 aromatic heterocycles. The van der Waals surface area contributed by atoms with Gasteiger partial charge >= 0.3 is 0 Å². The van der Waals surface area contributed by atoms with Crippen molar-refractivity contribution in [3.05, 3.63) is 66.2 Å². The van der Waals surface area contributed by atoms with Crippen molar-refractivity contribution in [3.8, 4) is 0 Å². The molecule has 19 heavy (non-hydrogen) atoms. The quantitative estimate of drug-likeness (QED) is 0.849. The Hall–Kier alpha value is -2.09. The maximum Gasteiger partial charge on any atom is 0.231 e. The van der Waals surface area contributed by atoms with E-state index in [0.717, 1.165) is 24.1 Å². The van der Waals surface area contributed by atoms with E-state index in [1.54, 1.807) is 0 Å². The fourth-order valence-corrected chi connectivity index (χ4v) is 2.17. The average molecular weight is 253 g/mol. The topological polar surface area (TPSA) is 29.1 Å². The van der Waals surface area contributed by atoms with Gasteiger partial charge in [-0.3, -0.25) is 4.79 Å². The van der Waals surface area contributed by atoms with Crippen molar-refractivity contribution in [1.82, 2.24) is 0 Å². The third kappa shape index (κ3) is 3.68. The van der Waals surface area contributed by atoms with E-state index in [2.05, 4.69) is 12.2 Å². The van der Waals surface area contributed by atoms with Gasteiger partial charge in [0.25, 0.3) is 0 Å². The Morgan fingerprint density at radius 3 is 2.16 bits per heavy atom. The van der Waals surface area contributed by atoms with Crippen LogP contribution in [-0.2, 0) is 4.79 Å². The van der Waals surface area contributed by atoms with E-state index in [9.17, 15) is 4.79 Å². The highest BCUT2D eigenvalue weighted by Gasteiger charge is 2.19. The van der Waals surface area contributed by atoms with E-state index >= 15 is 0 Å². The molecule has 1 N–H and O–H groups in total. The van der Waals surface area contributed by atoms with E-state index in [1.807, 2.05) is 60.7 Å². The lowest BCUT2D eigenvalue weighted by Crippen LogP contribution is -2.21. The van der Waals surface area contributed by atoms with Crippen LogP contribution in [0, 0.1) is 0 Å². The highest BCUT2D eigenvalue weighted by Crippen LogP contribution is 2.23. The number of benzene rings is 2. The molecule has 0 saturated heterocycles. The molecule has 0 bridgehead atoms. The standard InChI is InChI=1S/C17H19NO/c1-2-9-16(14-10-5-3-6-11-14)17(19)18-15-12-7-4-8-13-15/h3-8,10-13,16H,2,9H2,1H3,(H,18,19). The van der Waals surface area contributed by atoms with Crippen molar-refractivity contribution < 1.29 is 4.79 Å². The van der Waals surface area contributed by atoms with Crippen LogP contribution in [0.4, 0.5) is 5.69 Å². The minimum atomic E-state index is -0.0774. The summed E-state index contributed by atoms with van der Waals surface area (Å²) >= 11 is 0. The molecular weight excluding hydrogens is 234 g/mol. The SMILES string of the molecule is CCCC(C(=O)Nc1ccccc1)c1ccccc1. The Kier molecular flexibility index (Phi) is 4.73. The summed E-state index contributed by atoms with van der Waals surface area (Å²) in [6, 6.07) is 19.6. The smallest absolute Gasteiger partial charge is 0.231 e. The third-order valence-electron chi connectivity index (χ3n) is 3.14. The number of rotatable bonds is 5. The van der Waals surface area contributed by atoms with Crippen molar-refractivity contribution in [1.29, 1.82) is 0 Å². The molecule has 2 aromatic carbocycles. The predicted octanol–water partition coefficient (Wildman–Crippen LogP) is 4.21. The molecule has 0 aliphatic rings. The van der Waals surface area contributed by atoms with Crippen LogP contribution < -0.4 is 5.32 Å². The molecule has 1 unspecified atom stereocenters. The maximum atomic E-state index is 12.4. The van der Waals surface area contributed by atoms with Crippen LogP contribution in [0.15, 0.2) is 60.7 Å². The van der Waals surface area contributed by atoms with Gasteiger partial charge in [-0.15, -0.1) is 0 Å². The summed E-state index contributed by atoms with van der Waals surface area (Å²) in [5.74, 6) is -0.00865. The number of nitrogens with one attached hydrogen (secondary N) is 1. The number of amides is 1. The van der Waals surface area contributed by atoms with E-state index in [0.29, 0.717) is 0 Å². The summed E-state index contributed by atoms with van der Waals surface area (Å²) in [5, 5.41) is 2.99. The summed E-state index contributed by atoms with van der Waals surface area (Å²) in [6.45, 7) is 2.10. The first-order valence-electron chi connectivity index (χ1n) is 6.72. The van der Waals surface area contributed by atoms with Crippen LogP contribution >= 0.6 is 0 Å². The Morgan fingerprint density at radius 1 is 1.00 bits per heavy atom. The average Bonchev–Trinajstić information content (AvgIpc) is 2.46. The summed E-state index contributed by atoms with van der Waals surface area (Å²) in [7, 11) is 0. The first-order chi connectivity index (χ1) is 9.31. The van der Waals surface area contributed by atoms with Gasteiger partial charge in [-0.2, -0.15) is 0 Å². The number of carbonyl (C=O) groups is 1. The van der Waals surface area contributed by atoms with E-state index in [1.165, 1.54) is 0 Å². The molecule has 2 aromatic rings. The molecule has 1 atom stereocenters. The van der Waals surface area contributed by atoms with Crippen molar-refractivity contribution >= 4 is 11.6 Å². The first-order valence-corrected chi connectivity index (χ1v) is 6.72. The van der Waals surface area contributed by atoms with Crippen LogP contribution in [0.1, 0.15) is 31.2 Å². The van der Waals surface area contributed by atoms with Crippen molar-refractivity contribution in [2.45, 2.75) is 25.7 Å². The molecule has 0 fully saturated rings. The molecule has 2 rings (SSSR count). The zero-order chi connectivity index (χ0) is 13.5. The maximum absolute atomic E-state index is 12.4. The van der Waals surface area contributed by atoms with Gasteiger partial charge < -0.3 is 5.32 Å². The Morgan fingerprint density at radius 2 is 1.58 bits per heavy atom. The Balaban J connectivity index is 2.13. The second-order valence-electron chi connectivity index (χ2n) is 4.61. The molecule has 1 amide bonds. The van der Waals surface area contributed by atoms with E-state index in [-0.39, 0.29) is 11.8 Å². The molecule has 98 valence electrons.